The number of aromatic nitrogens is 2. The zero-order valence-electron chi connectivity index (χ0n) is 25.9. The number of anilines is 1. The van der Waals surface area contributed by atoms with E-state index in [1.807, 2.05) is 35.2 Å². The number of morpholine rings is 1. The highest BCUT2D eigenvalue weighted by Crippen LogP contribution is 2.37. The van der Waals surface area contributed by atoms with Crippen molar-refractivity contribution < 1.29 is 18.3 Å². The van der Waals surface area contributed by atoms with Crippen LogP contribution < -0.4 is 15.0 Å². The minimum Gasteiger partial charge on any atom is -0.463 e. The first-order valence-corrected chi connectivity index (χ1v) is 16.0. The van der Waals surface area contributed by atoms with E-state index in [1.165, 1.54) is 18.3 Å². The number of fused-ring (bicyclic) bond motifs is 3. The fourth-order valence-electron chi connectivity index (χ4n) is 7.04. The SMILES string of the molecule is CCc1cccc2cccc(-c3c(F)cccnc(OCCCN4C[C@@H](C)O[C@@H](C)C4)nc(N4CC5CCC(C4)N5)c3F)c12. The number of hydrogen-bond acceptors (Lipinski definition) is 7. The Balaban J connectivity index is 1.41. The third-order valence-corrected chi connectivity index (χ3v) is 8.87. The Morgan fingerprint density at radius 2 is 1.68 bits per heavy atom. The van der Waals surface area contributed by atoms with Crippen LogP contribution in [-0.2, 0) is 11.2 Å². The summed E-state index contributed by atoms with van der Waals surface area (Å²) in [5, 5.41) is 5.39. The Hall–Kier alpha value is -3.40. The van der Waals surface area contributed by atoms with Crippen LogP contribution in [0.2, 0.25) is 0 Å². The second-order valence-corrected chi connectivity index (χ2v) is 12.3. The highest BCUT2D eigenvalue weighted by Gasteiger charge is 2.34. The monoisotopic (exact) mass is 603 g/mol. The number of rotatable bonds is 8. The van der Waals surface area contributed by atoms with Crippen molar-refractivity contribution >= 4 is 16.6 Å². The fraction of sp³-hybridized carbons (Fsp3) is 0.486. The van der Waals surface area contributed by atoms with Gasteiger partial charge in [0.05, 0.1) is 24.4 Å². The molecule has 0 amide bonds. The average molecular weight is 604 g/mol. The zero-order valence-corrected chi connectivity index (χ0v) is 25.9. The number of benzene rings is 2. The van der Waals surface area contributed by atoms with Crippen molar-refractivity contribution in [3.63, 3.8) is 0 Å². The van der Waals surface area contributed by atoms with Crippen LogP contribution in [0.15, 0.2) is 54.7 Å². The molecule has 0 saturated carbocycles. The Bertz CT molecular complexity index is 1510. The van der Waals surface area contributed by atoms with Gasteiger partial charge in [-0.05, 0) is 73.6 Å². The molecule has 7 nitrogen and oxygen atoms in total. The lowest BCUT2D eigenvalue weighted by atomic mass is 9.93. The van der Waals surface area contributed by atoms with E-state index in [0.29, 0.717) is 25.3 Å². The molecule has 3 aliphatic heterocycles. The predicted molar refractivity (Wildman–Crippen MR) is 171 cm³/mol. The van der Waals surface area contributed by atoms with Crippen LogP contribution in [0.25, 0.3) is 21.9 Å². The topological polar surface area (TPSA) is 62.8 Å². The van der Waals surface area contributed by atoms with E-state index in [9.17, 15) is 0 Å². The summed E-state index contributed by atoms with van der Waals surface area (Å²) in [4.78, 5) is 13.4. The molecule has 3 aromatic rings. The first-order chi connectivity index (χ1) is 21.4. The van der Waals surface area contributed by atoms with E-state index in [-0.39, 0.29) is 41.7 Å². The molecule has 0 radical (unpaired) electrons. The molecule has 4 atom stereocenters. The Morgan fingerprint density at radius 1 is 0.955 bits per heavy atom. The molecule has 0 aliphatic carbocycles. The maximum Gasteiger partial charge on any atom is 0.318 e. The van der Waals surface area contributed by atoms with Crippen LogP contribution in [0.5, 0.6) is 6.01 Å². The molecular formula is C35H43F2N5O2. The van der Waals surface area contributed by atoms with E-state index >= 15 is 8.78 Å². The van der Waals surface area contributed by atoms with Gasteiger partial charge in [0, 0.05) is 51.0 Å². The predicted octanol–water partition coefficient (Wildman–Crippen LogP) is 6.08. The summed E-state index contributed by atoms with van der Waals surface area (Å²) in [5.74, 6) is -1.31. The van der Waals surface area contributed by atoms with Gasteiger partial charge in [0.15, 0.2) is 11.6 Å². The van der Waals surface area contributed by atoms with E-state index < -0.39 is 11.6 Å². The van der Waals surface area contributed by atoms with Gasteiger partial charge in [-0.25, -0.2) is 13.8 Å². The lowest BCUT2D eigenvalue weighted by molar-refractivity contribution is -0.0686. The van der Waals surface area contributed by atoms with Crippen molar-refractivity contribution in [1.82, 2.24) is 20.2 Å². The van der Waals surface area contributed by atoms with E-state index in [2.05, 4.69) is 36.0 Å². The molecule has 234 valence electrons. The first-order valence-electron chi connectivity index (χ1n) is 16.0. The van der Waals surface area contributed by atoms with Crippen molar-refractivity contribution in [2.24, 2.45) is 0 Å². The summed E-state index contributed by atoms with van der Waals surface area (Å²) in [6.45, 7) is 10.4. The molecular weight excluding hydrogens is 560 g/mol. The van der Waals surface area contributed by atoms with E-state index in [1.54, 1.807) is 6.07 Å². The molecule has 2 unspecified atom stereocenters. The minimum atomic E-state index is -0.707. The molecule has 6 rings (SSSR count). The fourth-order valence-corrected chi connectivity index (χ4v) is 7.04. The molecule has 4 heterocycles. The second kappa shape index (κ2) is 13.7. The highest BCUT2D eigenvalue weighted by atomic mass is 19.1. The average Bonchev–Trinajstić information content (AvgIpc) is 3.35. The van der Waals surface area contributed by atoms with Crippen LogP contribution >= 0.6 is 0 Å². The van der Waals surface area contributed by atoms with Gasteiger partial charge in [-0.2, -0.15) is 4.98 Å². The normalized spacial score (nSPS) is 23.5. The zero-order chi connectivity index (χ0) is 30.6. The van der Waals surface area contributed by atoms with Gasteiger partial charge in [-0.3, -0.25) is 4.90 Å². The molecule has 2 aromatic carbocycles. The van der Waals surface area contributed by atoms with Crippen LogP contribution in [0.3, 0.4) is 0 Å². The largest absolute Gasteiger partial charge is 0.463 e. The van der Waals surface area contributed by atoms with Crippen molar-refractivity contribution in [2.45, 2.75) is 70.7 Å². The third-order valence-electron chi connectivity index (χ3n) is 8.87. The third kappa shape index (κ3) is 6.80. The Labute approximate surface area is 258 Å². The van der Waals surface area contributed by atoms with Gasteiger partial charge < -0.3 is 19.7 Å². The van der Waals surface area contributed by atoms with Gasteiger partial charge in [0.25, 0.3) is 0 Å². The maximum atomic E-state index is 17.2. The number of piperazine rings is 1. The summed E-state index contributed by atoms with van der Waals surface area (Å²) in [6.07, 6.45) is 5.39. The summed E-state index contributed by atoms with van der Waals surface area (Å²) in [7, 11) is 0. The lowest BCUT2D eigenvalue weighted by Gasteiger charge is -2.35. The number of aryl methyl sites for hydroxylation is 1. The van der Waals surface area contributed by atoms with Crippen LogP contribution in [0.4, 0.5) is 14.6 Å². The molecule has 3 aliphatic rings. The van der Waals surface area contributed by atoms with E-state index in [0.717, 1.165) is 61.7 Å². The smallest absolute Gasteiger partial charge is 0.318 e. The number of hydrogen-bond donors (Lipinski definition) is 1. The molecule has 2 bridgehead atoms. The summed E-state index contributed by atoms with van der Waals surface area (Å²) < 4.78 is 45.2. The first kappa shape index (κ1) is 30.6. The van der Waals surface area contributed by atoms with Gasteiger partial charge in [0.2, 0.25) is 0 Å². The lowest BCUT2D eigenvalue weighted by Crippen LogP contribution is -2.51. The van der Waals surface area contributed by atoms with Gasteiger partial charge in [0.1, 0.15) is 5.82 Å². The summed E-state index contributed by atoms with van der Waals surface area (Å²) in [5.41, 5.74) is 1.45. The summed E-state index contributed by atoms with van der Waals surface area (Å²) in [6, 6.07) is 14.9. The number of halogens is 2. The molecule has 44 heavy (non-hydrogen) atoms. The van der Waals surface area contributed by atoms with Gasteiger partial charge in [-0.1, -0.05) is 43.3 Å². The van der Waals surface area contributed by atoms with Gasteiger partial charge in [-0.15, -0.1) is 0 Å². The quantitative estimate of drug-likeness (QED) is 0.313. The highest BCUT2D eigenvalue weighted by molar-refractivity contribution is 5.99. The Kier molecular flexibility index (Phi) is 9.54. The molecule has 9 heteroatoms. The number of ether oxygens (including phenoxy) is 2. The molecule has 1 aromatic heterocycles. The number of nitrogens with one attached hydrogen (secondary N) is 1. The molecule has 3 saturated heterocycles. The Morgan fingerprint density at radius 3 is 2.41 bits per heavy atom. The molecule has 0 spiro atoms. The van der Waals surface area contributed by atoms with Crippen LogP contribution in [0, 0.1) is 11.6 Å². The van der Waals surface area contributed by atoms with E-state index in [4.69, 9.17) is 14.5 Å². The van der Waals surface area contributed by atoms with Crippen LogP contribution in [-0.4, -0.2) is 78.5 Å². The van der Waals surface area contributed by atoms with Crippen molar-refractivity contribution in [3.05, 3.63) is 71.9 Å². The van der Waals surface area contributed by atoms with Crippen molar-refractivity contribution in [2.75, 3.05) is 44.2 Å². The van der Waals surface area contributed by atoms with Crippen LogP contribution in [0.1, 0.15) is 45.6 Å². The van der Waals surface area contributed by atoms with Crippen molar-refractivity contribution in [1.29, 1.82) is 0 Å². The minimum absolute atomic E-state index is 0.0674. The second-order valence-electron chi connectivity index (χ2n) is 12.3. The van der Waals surface area contributed by atoms with Crippen molar-refractivity contribution in [3.8, 4) is 17.1 Å². The molecule has 1 N–H and O–H groups in total. The summed E-state index contributed by atoms with van der Waals surface area (Å²) >= 11 is 0. The maximum absolute atomic E-state index is 17.2. The number of nitrogens with zero attached hydrogens (tertiary/aromatic N) is 4. The van der Waals surface area contributed by atoms with Gasteiger partial charge >= 0.3 is 6.01 Å². The molecule has 3 fully saturated rings. The standard InChI is InChI=1S/C35H43F2N5O2/c1-4-25-9-5-10-26-11-6-12-29(31(25)26)32-30(36)13-7-16-38-35(43-18-8-17-41-19-23(2)44-24(3)20-41)40-34(33(32)37)42-21-27-14-15-28(22-42)39-27/h5-7,9-13,16,23-24,27-28,39H,4,8,14-15,17-22H2,1-3H3/t23-,24+,27?,28?.